The van der Waals surface area contributed by atoms with E-state index in [0.29, 0.717) is 5.92 Å². The van der Waals surface area contributed by atoms with Crippen LogP contribution in [-0.2, 0) is 6.42 Å². The van der Waals surface area contributed by atoms with E-state index >= 15 is 0 Å². The zero-order chi connectivity index (χ0) is 12.7. The maximum Gasteiger partial charge on any atom is 0.117 e. The molecule has 0 saturated carbocycles. The van der Waals surface area contributed by atoms with Crippen LogP contribution in [0.15, 0.2) is 48.5 Å². The number of hydrogen-bond donors (Lipinski definition) is 1. The van der Waals surface area contributed by atoms with Gasteiger partial charge in [0.1, 0.15) is 5.00 Å². The Labute approximate surface area is 116 Å². The molecule has 3 heteroatoms. The maximum atomic E-state index is 4.46. The first kappa shape index (κ1) is 11.0. The highest BCUT2D eigenvalue weighted by molar-refractivity contribution is 7.11. The molecular weight excluding hydrogens is 252 g/mol. The molecule has 4 rings (SSSR count). The van der Waals surface area contributed by atoms with Gasteiger partial charge in [-0.3, -0.25) is 0 Å². The summed E-state index contributed by atoms with van der Waals surface area (Å²) in [5.74, 6) is 0.650. The van der Waals surface area contributed by atoms with Gasteiger partial charge < -0.3 is 5.32 Å². The molecule has 3 aromatic rings. The first-order valence-electron chi connectivity index (χ1n) is 6.58. The van der Waals surface area contributed by atoms with Gasteiger partial charge in [-0.25, -0.2) is 0 Å². The lowest BCUT2D eigenvalue weighted by Gasteiger charge is -2.30. The van der Waals surface area contributed by atoms with E-state index in [1.807, 2.05) is 6.07 Å². The monoisotopic (exact) mass is 266 g/mol. The van der Waals surface area contributed by atoms with E-state index in [9.17, 15) is 0 Å². The first-order valence-corrected chi connectivity index (χ1v) is 7.35. The molecular formula is C16H14N2S. The molecule has 19 heavy (non-hydrogen) atoms. The first-order chi connectivity index (χ1) is 9.42. The molecule has 0 aliphatic heterocycles. The molecule has 1 atom stereocenters. The molecule has 2 nitrogen and oxygen atoms in total. The van der Waals surface area contributed by atoms with Gasteiger partial charge in [-0.2, -0.15) is 4.37 Å². The third-order valence-electron chi connectivity index (χ3n) is 3.85. The van der Waals surface area contributed by atoms with Crippen molar-refractivity contribution >= 4 is 27.4 Å². The summed E-state index contributed by atoms with van der Waals surface area (Å²) in [6.45, 7) is 1.00. The van der Waals surface area contributed by atoms with E-state index in [0.717, 1.165) is 12.1 Å². The summed E-state index contributed by atoms with van der Waals surface area (Å²) in [6.07, 6.45) is 1.19. The summed E-state index contributed by atoms with van der Waals surface area (Å²) in [7, 11) is 0. The van der Waals surface area contributed by atoms with Crippen LogP contribution in [0.25, 0.3) is 10.9 Å². The van der Waals surface area contributed by atoms with Gasteiger partial charge >= 0.3 is 0 Å². The quantitative estimate of drug-likeness (QED) is 0.773. The standard InChI is InChI=1S/C16H14N2S/c1-2-6-13-11(5-1)9-12(13)10-17-16-14-7-3-4-8-15(14)18-19-16/h1-8,12,17H,9-10H2. The van der Waals surface area contributed by atoms with Gasteiger partial charge in [0, 0.05) is 17.8 Å². The molecule has 0 saturated heterocycles. The lowest BCUT2D eigenvalue weighted by atomic mass is 9.78. The van der Waals surface area contributed by atoms with Crippen molar-refractivity contribution in [2.75, 3.05) is 11.9 Å². The summed E-state index contributed by atoms with van der Waals surface area (Å²) >= 11 is 1.56. The molecule has 0 spiro atoms. The SMILES string of the molecule is c1ccc2c(c1)CC2CNc1snc2ccccc12. The third-order valence-corrected chi connectivity index (χ3v) is 4.69. The van der Waals surface area contributed by atoms with E-state index in [1.54, 1.807) is 11.5 Å². The zero-order valence-corrected chi connectivity index (χ0v) is 11.3. The average Bonchev–Trinajstić information content (AvgIpc) is 2.83. The van der Waals surface area contributed by atoms with Crippen LogP contribution >= 0.6 is 11.5 Å². The van der Waals surface area contributed by atoms with Crippen molar-refractivity contribution in [3.63, 3.8) is 0 Å². The van der Waals surface area contributed by atoms with Crippen molar-refractivity contribution in [1.82, 2.24) is 4.37 Å². The van der Waals surface area contributed by atoms with E-state index in [4.69, 9.17) is 0 Å². The maximum absolute atomic E-state index is 4.46. The van der Waals surface area contributed by atoms with Gasteiger partial charge in [0.25, 0.3) is 0 Å². The molecule has 1 heterocycles. The number of benzene rings is 2. The lowest BCUT2D eigenvalue weighted by Crippen LogP contribution is -2.23. The smallest absolute Gasteiger partial charge is 0.117 e. The van der Waals surface area contributed by atoms with Crippen LogP contribution in [0.3, 0.4) is 0 Å². The van der Waals surface area contributed by atoms with Crippen molar-refractivity contribution in [3.05, 3.63) is 59.7 Å². The van der Waals surface area contributed by atoms with E-state index in [1.165, 1.54) is 27.9 Å². The van der Waals surface area contributed by atoms with Gasteiger partial charge in [0.05, 0.1) is 5.52 Å². The van der Waals surface area contributed by atoms with Crippen LogP contribution in [0.1, 0.15) is 17.0 Å². The van der Waals surface area contributed by atoms with Gasteiger partial charge in [0.15, 0.2) is 0 Å². The molecule has 1 aliphatic carbocycles. The number of nitrogens with zero attached hydrogens (tertiary/aromatic N) is 1. The molecule has 1 aromatic heterocycles. The van der Waals surface area contributed by atoms with Crippen molar-refractivity contribution in [1.29, 1.82) is 0 Å². The average molecular weight is 266 g/mol. The van der Waals surface area contributed by atoms with Gasteiger partial charge in [-0.1, -0.05) is 36.4 Å². The molecule has 1 unspecified atom stereocenters. The lowest BCUT2D eigenvalue weighted by molar-refractivity contribution is 0.636. The minimum absolute atomic E-state index is 0.650. The zero-order valence-electron chi connectivity index (χ0n) is 10.5. The van der Waals surface area contributed by atoms with Gasteiger partial charge in [-0.05, 0) is 41.2 Å². The van der Waals surface area contributed by atoms with Crippen molar-refractivity contribution in [2.45, 2.75) is 12.3 Å². The van der Waals surface area contributed by atoms with Crippen LogP contribution in [-0.4, -0.2) is 10.9 Å². The molecule has 0 fully saturated rings. The van der Waals surface area contributed by atoms with Gasteiger partial charge in [0.2, 0.25) is 0 Å². The largest absolute Gasteiger partial charge is 0.375 e. The fraction of sp³-hybridized carbons (Fsp3) is 0.188. The fourth-order valence-corrected chi connectivity index (χ4v) is 3.55. The Morgan fingerprint density at radius 2 is 1.95 bits per heavy atom. The highest BCUT2D eigenvalue weighted by Gasteiger charge is 2.25. The summed E-state index contributed by atoms with van der Waals surface area (Å²) < 4.78 is 4.46. The topological polar surface area (TPSA) is 24.9 Å². The molecule has 2 aromatic carbocycles. The predicted molar refractivity (Wildman–Crippen MR) is 81.0 cm³/mol. The minimum Gasteiger partial charge on any atom is -0.375 e. The van der Waals surface area contributed by atoms with E-state index < -0.39 is 0 Å². The summed E-state index contributed by atoms with van der Waals surface area (Å²) in [4.78, 5) is 0. The second-order valence-electron chi connectivity index (χ2n) is 5.01. The Bertz CT molecular complexity index is 732. The molecule has 1 N–H and O–H groups in total. The molecule has 0 bridgehead atoms. The minimum atomic E-state index is 0.650. The Hall–Kier alpha value is -1.87. The second-order valence-corrected chi connectivity index (χ2v) is 5.78. The van der Waals surface area contributed by atoms with Crippen molar-refractivity contribution < 1.29 is 0 Å². The molecule has 0 radical (unpaired) electrons. The highest BCUT2D eigenvalue weighted by Crippen LogP contribution is 2.36. The fourth-order valence-electron chi connectivity index (χ4n) is 2.78. The number of fused-ring (bicyclic) bond motifs is 2. The van der Waals surface area contributed by atoms with Crippen molar-refractivity contribution in [2.24, 2.45) is 0 Å². The van der Waals surface area contributed by atoms with Crippen molar-refractivity contribution in [3.8, 4) is 0 Å². The van der Waals surface area contributed by atoms with Crippen LogP contribution in [0.4, 0.5) is 5.00 Å². The number of nitrogens with one attached hydrogen (secondary N) is 1. The van der Waals surface area contributed by atoms with Crippen LogP contribution < -0.4 is 5.32 Å². The predicted octanol–water partition coefficient (Wildman–Crippen LogP) is 4.05. The summed E-state index contributed by atoms with van der Waals surface area (Å²) in [5, 5.41) is 6.00. The number of hydrogen-bond acceptors (Lipinski definition) is 3. The van der Waals surface area contributed by atoms with Crippen LogP contribution in [0.2, 0.25) is 0 Å². The summed E-state index contributed by atoms with van der Waals surface area (Å²) in [6, 6.07) is 17.0. The van der Waals surface area contributed by atoms with Crippen LogP contribution in [0.5, 0.6) is 0 Å². The number of rotatable bonds is 3. The molecule has 94 valence electrons. The second kappa shape index (κ2) is 4.35. The van der Waals surface area contributed by atoms with Gasteiger partial charge in [-0.15, -0.1) is 0 Å². The Morgan fingerprint density at radius 1 is 1.11 bits per heavy atom. The molecule has 0 amide bonds. The normalized spacial score (nSPS) is 16.9. The Balaban J connectivity index is 1.52. The third kappa shape index (κ3) is 1.81. The van der Waals surface area contributed by atoms with E-state index in [2.05, 4.69) is 52.2 Å². The number of anilines is 1. The summed E-state index contributed by atoms with van der Waals surface area (Å²) in [5.41, 5.74) is 4.09. The highest BCUT2D eigenvalue weighted by atomic mass is 32.1. The molecule has 1 aliphatic rings. The number of aromatic nitrogens is 1. The van der Waals surface area contributed by atoms with E-state index in [-0.39, 0.29) is 0 Å². The Kier molecular flexibility index (Phi) is 2.52. The Morgan fingerprint density at radius 3 is 2.89 bits per heavy atom. The van der Waals surface area contributed by atoms with Crippen LogP contribution in [0, 0.1) is 0 Å².